The normalized spacial score (nSPS) is 23.7. The van der Waals surface area contributed by atoms with E-state index in [0.717, 1.165) is 17.5 Å². The fraction of sp³-hybridized carbons (Fsp3) is 0.520. The first-order valence-corrected chi connectivity index (χ1v) is 12.0. The molecule has 2 aromatic carbocycles. The summed E-state index contributed by atoms with van der Waals surface area (Å²) in [5.41, 5.74) is 1.96. The molecule has 0 aliphatic carbocycles. The summed E-state index contributed by atoms with van der Waals surface area (Å²) >= 11 is 12.0. The summed E-state index contributed by atoms with van der Waals surface area (Å²) in [5.74, 6) is 0. The molecule has 0 bridgehead atoms. The van der Waals surface area contributed by atoms with Gasteiger partial charge in [-0.05, 0) is 48.7 Å². The van der Waals surface area contributed by atoms with Gasteiger partial charge in [-0.15, -0.1) is 0 Å². The molecule has 1 aliphatic heterocycles. The van der Waals surface area contributed by atoms with Gasteiger partial charge in [0.25, 0.3) is 0 Å². The molecule has 3 rings (SSSR count). The first-order chi connectivity index (χ1) is 16.0. The molecule has 6 nitrogen and oxygen atoms in total. The second kappa shape index (κ2) is 13.6. The molecule has 5 atom stereocenters. The SMILES string of the molecule is CCCO[C@@H]1[C@@H](O)[C@H](OCC)O[C@@H]1[C@H](COCc1ccc(Cl)cc1)OCc1ccc(Cl)cc1. The third-order valence-corrected chi connectivity index (χ3v) is 5.79. The highest BCUT2D eigenvalue weighted by Crippen LogP contribution is 2.29. The molecular weight excluding hydrogens is 467 g/mol. The van der Waals surface area contributed by atoms with Crippen LogP contribution in [-0.4, -0.2) is 55.6 Å². The van der Waals surface area contributed by atoms with E-state index in [1.807, 2.05) is 62.4 Å². The number of hydrogen-bond acceptors (Lipinski definition) is 6. The number of benzene rings is 2. The van der Waals surface area contributed by atoms with Crippen LogP contribution in [0.15, 0.2) is 48.5 Å². The molecule has 1 aliphatic rings. The molecular formula is C25H32Cl2O6. The van der Waals surface area contributed by atoms with Crippen LogP contribution in [-0.2, 0) is 36.9 Å². The van der Waals surface area contributed by atoms with Crippen molar-refractivity contribution in [2.75, 3.05) is 19.8 Å². The van der Waals surface area contributed by atoms with Crippen molar-refractivity contribution >= 4 is 23.2 Å². The Balaban J connectivity index is 1.71. The molecule has 0 unspecified atom stereocenters. The van der Waals surface area contributed by atoms with Crippen molar-refractivity contribution in [3.63, 3.8) is 0 Å². The molecule has 33 heavy (non-hydrogen) atoms. The van der Waals surface area contributed by atoms with Crippen molar-refractivity contribution in [1.29, 1.82) is 0 Å². The van der Waals surface area contributed by atoms with Gasteiger partial charge < -0.3 is 28.8 Å². The van der Waals surface area contributed by atoms with Crippen molar-refractivity contribution < 1.29 is 28.8 Å². The Morgan fingerprint density at radius 1 is 0.909 bits per heavy atom. The van der Waals surface area contributed by atoms with Gasteiger partial charge in [0.2, 0.25) is 0 Å². The summed E-state index contributed by atoms with van der Waals surface area (Å²) < 4.78 is 29.8. The molecule has 1 fully saturated rings. The summed E-state index contributed by atoms with van der Waals surface area (Å²) in [5, 5.41) is 12.1. The van der Waals surface area contributed by atoms with E-state index in [4.69, 9.17) is 46.9 Å². The third kappa shape index (κ3) is 7.91. The predicted octanol–water partition coefficient (Wildman–Crippen LogP) is 5.01. The van der Waals surface area contributed by atoms with Gasteiger partial charge in [-0.2, -0.15) is 0 Å². The minimum Gasteiger partial charge on any atom is -0.385 e. The zero-order chi connectivity index (χ0) is 23.6. The van der Waals surface area contributed by atoms with Crippen LogP contribution >= 0.6 is 23.2 Å². The Hall–Kier alpha value is -1.22. The zero-order valence-corrected chi connectivity index (χ0v) is 20.5. The van der Waals surface area contributed by atoms with Crippen LogP contribution in [0.3, 0.4) is 0 Å². The average molecular weight is 499 g/mol. The largest absolute Gasteiger partial charge is 0.385 e. The van der Waals surface area contributed by atoms with Gasteiger partial charge in [0.05, 0.1) is 19.8 Å². The summed E-state index contributed by atoms with van der Waals surface area (Å²) in [6.45, 7) is 5.76. The molecule has 1 saturated heterocycles. The van der Waals surface area contributed by atoms with Crippen LogP contribution < -0.4 is 0 Å². The maximum absolute atomic E-state index is 10.8. The van der Waals surface area contributed by atoms with E-state index >= 15 is 0 Å². The van der Waals surface area contributed by atoms with E-state index in [0.29, 0.717) is 36.5 Å². The first-order valence-electron chi connectivity index (χ1n) is 11.3. The highest BCUT2D eigenvalue weighted by Gasteiger charge is 2.49. The van der Waals surface area contributed by atoms with E-state index in [-0.39, 0.29) is 6.61 Å². The van der Waals surface area contributed by atoms with Gasteiger partial charge in [0.15, 0.2) is 6.29 Å². The molecule has 1 N–H and O–H groups in total. The molecule has 8 heteroatoms. The topological polar surface area (TPSA) is 66.4 Å². The molecule has 182 valence electrons. The second-order valence-corrected chi connectivity index (χ2v) is 8.74. The van der Waals surface area contributed by atoms with Crippen LogP contribution in [0.4, 0.5) is 0 Å². The Kier molecular flexibility index (Phi) is 10.9. The quantitative estimate of drug-likeness (QED) is 0.418. The molecule has 0 amide bonds. The maximum Gasteiger partial charge on any atom is 0.186 e. The van der Waals surface area contributed by atoms with E-state index in [1.165, 1.54) is 0 Å². The van der Waals surface area contributed by atoms with E-state index in [1.54, 1.807) is 0 Å². The maximum atomic E-state index is 10.8. The van der Waals surface area contributed by atoms with E-state index in [2.05, 4.69) is 0 Å². The number of aliphatic hydroxyl groups is 1. The van der Waals surface area contributed by atoms with Crippen LogP contribution in [0.1, 0.15) is 31.4 Å². The standard InChI is InChI=1S/C25H32Cl2O6/c1-3-13-31-24-22(28)25(30-4-2)33-23(24)21(32-15-18-7-11-20(27)12-8-18)16-29-14-17-5-9-19(26)10-6-17/h5-12,21-25,28H,3-4,13-16H2,1-2H3/t21-,22+,23+,24+,25+/m0/s1. The fourth-order valence-electron chi connectivity index (χ4n) is 3.61. The molecule has 2 aromatic rings. The van der Waals surface area contributed by atoms with Crippen molar-refractivity contribution in [3.05, 3.63) is 69.7 Å². The highest BCUT2D eigenvalue weighted by atomic mass is 35.5. The second-order valence-electron chi connectivity index (χ2n) is 7.87. The lowest BCUT2D eigenvalue weighted by atomic mass is 10.1. The Morgan fingerprint density at radius 2 is 1.52 bits per heavy atom. The summed E-state index contributed by atoms with van der Waals surface area (Å²) in [7, 11) is 0. The lowest BCUT2D eigenvalue weighted by Crippen LogP contribution is -2.44. The van der Waals surface area contributed by atoms with Crippen molar-refractivity contribution in [2.24, 2.45) is 0 Å². The van der Waals surface area contributed by atoms with Crippen LogP contribution in [0.2, 0.25) is 10.0 Å². The smallest absolute Gasteiger partial charge is 0.186 e. The minimum absolute atomic E-state index is 0.248. The third-order valence-electron chi connectivity index (χ3n) is 5.28. The van der Waals surface area contributed by atoms with Gasteiger partial charge in [0, 0.05) is 23.3 Å². The number of rotatable bonds is 13. The number of ether oxygens (including phenoxy) is 5. The number of aliphatic hydroxyl groups excluding tert-OH is 1. The zero-order valence-electron chi connectivity index (χ0n) is 19.0. The summed E-state index contributed by atoms with van der Waals surface area (Å²) in [6.07, 6.45) is -2.51. The Morgan fingerprint density at radius 3 is 2.09 bits per heavy atom. The predicted molar refractivity (Wildman–Crippen MR) is 127 cm³/mol. The molecule has 0 saturated carbocycles. The Bertz CT molecular complexity index is 817. The average Bonchev–Trinajstić information content (AvgIpc) is 3.12. The van der Waals surface area contributed by atoms with Crippen molar-refractivity contribution in [1.82, 2.24) is 0 Å². The lowest BCUT2D eigenvalue weighted by molar-refractivity contribution is -0.189. The van der Waals surface area contributed by atoms with Gasteiger partial charge in [0.1, 0.15) is 24.4 Å². The first kappa shape index (κ1) is 26.4. The molecule has 0 aromatic heterocycles. The minimum atomic E-state index is -0.917. The Labute approximate surface area is 205 Å². The van der Waals surface area contributed by atoms with Gasteiger partial charge >= 0.3 is 0 Å². The number of halogens is 2. The molecule has 0 radical (unpaired) electrons. The van der Waals surface area contributed by atoms with Crippen LogP contribution in [0.25, 0.3) is 0 Å². The number of hydrogen-bond donors (Lipinski definition) is 1. The summed E-state index contributed by atoms with van der Waals surface area (Å²) in [6, 6.07) is 14.9. The van der Waals surface area contributed by atoms with E-state index in [9.17, 15) is 5.11 Å². The highest BCUT2D eigenvalue weighted by molar-refractivity contribution is 6.30. The fourth-order valence-corrected chi connectivity index (χ4v) is 3.86. The van der Waals surface area contributed by atoms with Gasteiger partial charge in [-0.1, -0.05) is 54.4 Å². The monoisotopic (exact) mass is 498 g/mol. The van der Waals surface area contributed by atoms with Gasteiger partial charge in [-0.25, -0.2) is 0 Å². The van der Waals surface area contributed by atoms with Crippen molar-refractivity contribution in [2.45, 2.75) is 64.2 Å². The molecule has 1 heterocycles. The summed E-state index contributed by atoms with van der Waals surface area (Å²) in [4.78, 5) is 0. The van der Waals surface area contributed by atoms with E-state index < -0.39 is 30.7 Å². The van der Waals surface area contributed by atoms with Crippen LogP contribution in [0.5, 0.6) is 0 Å². The van der Waals surface area contributed by atoms with Crippen LogP contribution in [0, 0.1) is 0 Å². The molecule has 0 spiro atoms. The lowest BCUT2D eigenvalue weighted by Gasteiger charge is -2.28. The van der Waals surface area contributed by atoms with Gasteiger partial charge in [-0.3, -0.25) is 0 Å². The van der Waals surface area contributed by atoms with Crippen molar-refractivity contribution in [3.8, 4) is 0 Å².